The van der Waals surface area contributed by atoms with E-state index in [9.17, 15) is 4.79 Å². The zero-order valence-corrected chi connectivity index (χ0v) is 9.84. The number of ether oxygens (including phenoxy) is 1. The summed E-state index contributed by atoms with van der Waals surface area (Å²) in [7, 11) is 0. The summed E-state index contributed by atoms with van der Waals surface area (Å²) in [4.78, 5) is 11.1. The molecule has 0 aliphatic heterocycles. The number of hydrogen-bond acceptors (Lipinski definition) is 3. The Morgan fingerprint density at radius 2 is 2.00 bits per heavy atom. The fourth-order valence-electron chi connectivity index (χ4n) is 1.39. The van der Waals surface area contributed by atoms with Gasteiger partial charge in [-0.25, -0.2) is 4.79 Å². The van der Waals surface area contributed by atoms with Crippen molar-refractivity contribution in [3.05, 3.63) is 53.1 Å². The van der Waals surface area contributed by atoms with Gasteiger partial charge in [-0.3, -0.25) is 0 Å². The Morgan fingerprint density at radius 3 is 2.76 bits per heavy atom. The Kier molecular flexibility index (Phi) is 3.28. The van der Waals surface area contributed by atoms with Gasteiger partial charge in [0.1, 0.15) is 11.3 Å². The van der Waals surface area contributed by atoms with Gasteiger partial charge in [0.15, 0.2) is 0 Å². The molecule has 1 aromatic carbocycles. The highest BCUT2D eigenvalue weighted by atomic mass is 16.5. The molecule has 0 saturated heterocycles. The SMILES string of the molecule is CC(C)/C=C/Oc1ccc2ccc(=O)oc2c1. The van der Waals surface area contributed by atoms with Gasteiger partial charge in [-0.05, 0) is 30.2 Å². The number of hydrogen-bond donors (Lipinski definition) is 0. The molecule has 0 bridgehead atoms. The van der Waals surface area contributed by atoms with Crippen LogP contribution in [0.4, 0.5) is 0 Å². The van der Waals surface area contributed by atoms with E-state index in [1.165, 1.54) is 6.07 Å². The second kappa shape index (κ2) is 4.87. The van der Waals surface area contributed by atoms with Crippen molar-refractivity contribution in [1.29, 1.82) is 0 Å². The quantitative estimate of drug-likeness (QED) is 0.599. The number of rotatable bonds is 3. The van der Waals surface area contributed by atoms with Crippen LogP contribution in [0, 0.1) is 5.92 Å². The molecular formula is C14H14O3. The fourth-order valence-corrected chi connectivity index (χ4v) is 1.39. The van der Waals surface area contributed by atoms with Crippen LogP contribution < -0.4 is 10.4 Å². The molecule has 2 rings (SSSR count). The third kappa shape index (κ3) is 2.97. The van der Waals surface area contributed by atoms with E-state index in [4.69, 9.17) is 9.15 Å². The van der Waals surface area contributed by atoms with Crippen molar-refractivity contribution < 1.29 is 9.15 Å². The van der Waals surface area contributed by atoms with Crippen LogP contribution in [0.25, 0.3) is 11.0 Å². The van der Waals surface area contributed by atoms with E-state index in [1.807, 2.05) is 18.2 Å². The van der Waals surface area contributed by atoms with Crippen LogP contribution >= 0.6 is 0 Å². The maximum Gasteiger partial charge on any atom is 0.336 e. The second-order valence-corrected chi connectivity index (χ2v) is 4.14. The lowest BCUT2D eigenvalue weighted by molar-refractivity contribution is 0.473. The number of allylic oxidation sites excluding steroid dienone is 1. The first-order valence-corrected chi connectivity index (χ1v) is 5.52. The van der Waals surface area contributed by atoms with Crippen LogP contribution in [0.15, 0.2) is 51.9 Å². The van der Waals surface area contributed by atoms with Crippen molar-refractivity contribution in [3.63, 3.8) is 0 Å². The molecule has 0 saturated carbocycles. The van der Waals surface area contributed by atoms with Crippen molar-refractivity contribution in [2.24, 2.45) is 5.92 Å². The Hall–Kier alpha value is -2.03. The van der Waals surface area contributed by atoms with Gasteiger partial charge in [0, 0.05) is 17.5 Å². The minimum atomic E-state index is -0.354. The van der Waals surface area contributed by atoms with E-state index in [-0.39, 0.29) is 5.63 Å². The molecule has 3 heteroatoms. The molecule has 1 heterocycles. The summed E-state index contributed by atoms with van der Waals surface area (Å²) >= 11 is 0. The molecule has 1 aromatic heterocycles. The largest absolute Gasteiger partial charge is 0.465 e. The molecule has 0 atom stereocenters. The summed E-state index contributed by atoms with van der Waals surface area (Å²) < 4.78 is 10.5. The minimum absolute atomic E-state index is 0.354. The topological polar surface area (TPSA) is 39.4 Å². The Labute approximate surface area is 99.3 Å². The van der Waals surface area contributed by atoms with E-state index in [1.54, 1.807) is 18.4 Å². The van der Waals surface area contributed by atoms with Gasteiger partial charge in [0.25, 0.3) is 0 Å². The molecule has 0 radical (unpaired) electrons. The van der Waals surface area contributed by atoms with Gasteiger partial charge < -0.3 is 9.15 Å². The number of fused-ring (bicyclic) bond motifs is 1. The first kappa shape index (κ1) is 11.5. The molecule has 3 nitrogen and oxygen atoms in total. The van der Waals surface area contributed by atoms with E-state index in [0.717, 1.165) is 5.39 Å². The summed E-state index contributed by atoms with van der Waals surface area (Å²) in [6, 6.07) is 8.54. The van der Waals surface area contributed by atoms with E-state index >= 15 is 0 Å². The van der Waals surface area contributed by atoms with Crippen molar-refractivity contribution in [1.82, 2.24) is 0 Å². The van der Waals surface area contributed by atoms with Gasteiger partial charge >= 0.3 is 5.63 Å². The molecule has 0 spiro atoms. The first-order valence-electron chi connectivity index (χ1n) is 5.52. The predicted octanol–water partition coefficient (Wildman–Crippen LogP) is 3.34. The average molecular weight is 230 g/mol. The van der Waals surface area contributed by atoms with Gasteiger partial charge in [-0.1, -0.05) is 13.8 Å². The average Bonchev–Trinajstić information content (AvgIpc) is 2.28. The van der Waals surface area contributed by atoms with Gasteiger partial charge in [-0.15, -0.1) is 0 Å². The smallest absolute Gasteiger partial charge is 0.336 e. The molecule has 0 unspecified atom stereocenters. The van der Waals surface area contributed by atoms with Crippen LogP contribution in [-0.4, -0.2) is 0 Å². The highest BCUT2D eigenvalue weighted by Crippen LogP contribution is 2.19. The summed E-state index contributed by atoms with van der Waals surface area (Å²) in [6.45, 7) is 4.14. The van der Waals surface area contributed by atoms with Crippen LogP contribution in [0.2, 0.25) is 0 Å². The van der Waals surface area contributed by atoms with Crippen LogP contribution in [0.3, 0.4) is 0 Å². The molecule has 0 amide bonds. The molecule has 0 fully saturated rings. The first-order chi connectivity index (χ1) is 8.15. The third-order valence-electron chi connectivity index (χ3n) is 2.26. The van der Waals surface area contributed by atoms with E-state index in [0.29, 0.717) is 17.3 Å². The van der Waals surface area contributed by atoms with Crippen molar-refractivity contribution in [2.45, 2.75) is 13.8 Å². The molecular weight excluding hydrogens is 216 g/mol. The lowest BCUT2D eigenvalue weighted by atomic mass is 10.2. The predicted molar refractivity (Wildman–Crippen MR) is 67.1 cm³/mol. The third-order valence-corrected chi connectivity index (χ3v) is 2.26. The zero-order valence-electron chi connectivity index (χ0n) is 9.84. The summed E-state index contributed by atoms with van der Waals surface area (Å²) in [6.07, 6.45) is 3.60. The molecule has 0 aliphatic carbocycles. The second-order valence-electron chi connectivity index (χ2n) is 4.14. The molecule has 88 valence electrons. The summed E-state index contributed by atoms with van der Waals surface area (Å²) in [5, 5.41) is 0.879. The van der Waals surface area contributed by atoms with Crippen LogP contribution in [0.1, 0.15) is 13.8 Å². The van der Waals surface area contributed by atoms with Crippen LogP contribution in [0.5, 0.6) is 5.75 Å². The summed E-state index contributed by atoms with van der Waals surface area (Å²) in [5.41, 5.74) is 0.181. The van der Waals surface area contributed by atoms with Crippen molar-refractivity contribution in [2.75, 3.05) is 0 Å². The maximum atomic E-state index is 11.1. The van der Waals surface area contributed by atoms with Gasteiger partial charge in [-0.2, -0.15) is 0 Å². The lowest BCUT2D eigenvalue weighted by Crippen LogP contribution is -1.94. The number of benzene rings is 1. The van der Waals surface area contributed by atoms with E-state index in [2.05, 4.69) is 13.8 Å². The van der Waals surface area contributed by atoms with Gasteiger partial charge in [0.2, 0.25) is 0 Å². The van der Waals surface area contributed by atoms with Crippen LogP contribution in [-0.2, 0) is 0 Å². The Bertz CT molecular complexity index is 594. The maximum absolute atomic E-state index is 11.1. The van der Waals surface area contributed by atoms with Crippen molar-refractivity contribution >= 4 is 11.0 Å². The standard InChI is InChI=1S/C14H14O3/c1-10(2)7-8-16-12-5-3-11-4-6-14(15)17-13(11)9-12/h3-10H,1-2H3/b8-7+. The summed E-state index contributed by atoms with van der Waals surface area (Å²) in [5.74, 6) is 1.09. The zero-order chi connectivity index (χ0) is 12.3. The highest BCUT2D eigenvalue weighted by Gasteiger charge is 1.99. The van der Waals surface area contributed by atoms with E-state index < -0.39 is 0 Å². The Morgan fingerprint density at radius 1 is 1.24 bits per heavy atom. The Balaban J connectivity index is 2.28. The van der Waals surface area contributed by atoms with Gasteiger partial charge in [0.05, 0.1) is 6.26 Å². The van der Waals surface area contributed by atoms with Crippen molar-refractivity contribution in [3.8, 4) is 5.75 Å². The minimum Gasteiger partial charge on any atom is -0.465 e. The molecule has 17 heavy (non-hydrogen) atoms. The molecule has 0 N–H and O–H groups in total. The molecule has 0 aliphatic rings. The highest BCUT2D eigenvalue weighted by molar-refractivity contribution is 5.77. The lowest BCUT2D eigenvalue weighted by Gasteiger charge is -2.02. The normalized spacial score (nSPS) is 11.5. The molecule has 2 aromatic rings. The monoisotopic (exact) mass is 230 g/mol. The fraction of sp³-hybridized carbons (Fsp3) is 0.214.